The highest BCUT2D eigenvalue weighted by molar-refractivity contribution is 6.03. The van der Waals surface area contributed by atoms with Gasteiger partial charge in [-0.2, -0.15) is 0 Å². The zero-order valence-electron chi connectivity index (χ0n) is 15.3. The lowest BCUT2D eigenvalue weighted by atomic mass is 10.1. The Hall–Kier alpha value is -1.84. The molecule has 0 radical (unpaired) electrons. The van der Waals surface area contributed by atoms with Gasteiger partial charge in [0.15, 0.2) is 0 Å². The lowest BCUT2D eigenvalue weighted by molar-refractivity contribution is 0.0288. The highest BCUT2D eigenvalue weighted by Gasteiger charge is 2.20. The minimum absolute atomic E-state index is 0.185. The highest BCUT2D eigenvalue weighted by atomic mass is 16.5. The van der Waals surface area contributed by atoms with Crippen LogP contribution >= 0.6 is 0 Å². The molecule has 0 N–H and O–H groups in total. The van der Waals surface area contributed by atoms with Crippen molar-refractivity contribution in [3.63, 3.8) is 0 Å². The van der Waals surface area contributed by atoms with Gasteiger partial charge in [0.2, 0.25) is 0 Å². The number of esters is 2. The van der Waals surface area contributed by atoms with Crippen LogP contribution in [0.1, 0.15) is 80.5 Å². The van der Waals surface area contributed by atoms with E-state index in [4.69, 9.17) is 9.47 Å². The summed E-state index contributed by atoms with van der Waals surface area (Å²) in [6.07, 6.45) is 4.76. The fourth-order valence-electron chi connectivity index (χ4n) is 2.57. The molecule has 0 bridgehead atoms. The summed E-state index contributed by atoms with van der Waals surface area (Å²) in [4.78, 5) is 24.6. The second kappa shape index (κ2) is 10.8. The summed E-state index contributed by atoms with van der Waals surface area (Å²) in [7, 11) is 0. The third-order valence-corrected chi connectivity index (χ3v) is 3.71. The summed E-state index contributed by atoms with van der Waals surface area (Å²) < 4.78 is 10.7. The molecule has 0 saturated heterocycles. The van der Waals surface area contributed by atoms with Crippen molar-refractivity contribution in [3.05, 3.63) is 35.4 Å². The summed E-state index contributed by atoms with van der Waals surface area (Å²) in [6.45, 7) is 8.54. The van der Waals surface area contributed by atoms with E-state index in [0.717, 1.165) is 32.1 Å². The van der Waals surface area contributed by atoms with E-state index in [1.54, 1.807) is 24.3 Å². The van der Waals surface area contributed by atoms with Gasteiger partial charge in [0.1, 0.15) is 0 Å². The fraction of sp³-hybridized carbons (Fsp3) is 0.600. The Bertz CT molecular complexity index is 522. The van der Waals surface area contributed by atoms with Crippen LogP contribution in [0.2, 0.25) is 0 Å². The molecule has 4 nitrogen and oxygen atoms in total. The van der Waals surface area contributed by atoms with Crippen LogP contribution in [0.4, 0.5) is 0 Å². The average Bonchev–Trinajstić information content (AvgIpc) is 2.53. The second-order valence-corrected chi connectivity index (χ2v) is 6.59. The fourth-order valence-corrected chi connectivity index (χ4v) is 2.57. The van der Waals surface area contributed by atoms with Crippen molar-refractivity contribution in [2.75, 3.05) is 6.61 Å². The molecule has 24 heavy (non-hydrogen) atoms. The van der Waals surface area contributed by atoms with Gasteiger partial charge in [-0.1, -0.05) is 52.2 Å². The van der Waals surface area contributed by atoms with Crippen LogP contribution in [0, 0.1) is 5.92 Å². The van der Waals surface area contributed by atoms with Crippen molar-refractivity contribution >= 4 is 11.9 Å². The quantitative estimate of drug-likeness (QED) is 0.445. The zero-order chi connectivity index (χ0) is 17.9. The molecule has 0 saturated carbocycles. The van der Waals surface area contributed by atoms with Crippen LogP contribution in [0.25, 0.3) is 0 Å². The molecular formula is C20H30O4. The number of rotatable bonds is 10. The Labute approximate surface area is 145 Å². The first kappa shape index (κ1) is 20.2. The average molecular weight is 334 g/mol. The highest BCUT2D eigenvalue weighted by Crippen LogP contribution is 2.15. The van der Waals surface area contributed by atoms with Gasteiger partial charge in [0.05, 0.1) is 23.8 Å². The second-order valence-electron chi connectivity index (χ2n) is 6.59. The van der Waals surface area contributed by atoms with Crippen LogP contribution < -0.4 is 0 Å². The Kier molecular flexibility index (Phi) is 9.13. The Morgan fingerprint density at radius 1 is 0.958 bits per heavy atom. The lowest BCUT2D eigenvalue weighted by Crippen LogP contribution is -2.20. The van der Waals surface area contributed by atoms with Gasteiger partial charge >= 0.3 is 11.9 Å². The van der Waals surface area contributed by atoms with Crippen LogP contribution in [0.5, 0.6) is 0 Å². The predicted molar refractivity (Wildman–Crippen MR) is 95.2 cm³/mol. The number of ether oxygens (including phenoxy) is 2. The van der Waals surface area contributed by atoms with E-state index in [9.17, 15) is 9.59 Å². The molecule has 1 atom stereocenters. The first-order chi connectivity index (χ1) is 11.5. The molecule has 134 valence electrons. The molecule has 0 amide bonds. The molecule has 0 aliphatic heterocycles. The lowest BCUT2D eigenvalue weighted by Gasteiger charge is -2.16. The van der Waals surface area contributed by atoms with Crippen LogP contribution in [0.15, 0.2) is 24.3 Å². The van der Waals surface area contributed by atoms with Crippen molar-refractivity contribution < 1.29 is 19.1 Å². The molecule has 1 aromatic carbocycles. The maximum Gasteiger partial charge on any atom is 0.339 e. The van der Waals surface area contributed by atoms with Crippen molar-refractivity contribution in [2.45, 2.75) is 65.9 Å². The predicted octanol–water partition coefficient (Wildman–Crippen LogP) is 5.02. The van der Waals surface area contributed by atoms with E-state index >= 15 is 0 Å². The number of carbonyl (C=O) groups is 2. The van der Waals surface area contributed by atoms with E-state index < -0.39 is 11.9 Å². The van der Waals surface area contributed by atoms with Crippen LogP contribution in [-0.2, 0) is 9.47 Å². The molecular weight excluding hydrogens is 304 g/mol. The first-order valence-corrected chi connectivity index (χ1v) is 8.92. The topological polar surface area (TPSA) is 52.6 Å². The largest absolute Gasteiger partial charge is 0.462 e. The monoisotopic (exact) mass is 334 g/mol. The SMILES string of the molecule is CCCCCCOC(=O)c1ccccc1C(=O)OC(C)CC(C)C. The van der Waals surface area contributed by atoms with E-state index in [2.05, 4.69) is 20.8 Å². The Morgan fingerprint density at radius 2 is 1.58 bits per heavy atom. The number of hydrogen-bond donors (Lipinski definition) is 0. The number of hydrogen-bond acceptors (Lipinski definition) is 4. The summed E-state index contributed by atoms with van der Waals surface area (Å²) in [6, 6.07) is 6.67. The van der Waals surface area contributed by atoms with Gasteiger partial charge in [-0.25, -0.2) is 9.59 Å². The van der Waals surface area contributed by atoms with E-state index in [-0.39, 0.29) is 17.2 Å². The molecule has 1 unspecified atom stereocenters. The summed E-state index contributed by atoms with van der Waals surface area (Å²) in [5.41, 5.74) is 0.543. The first-order valence-electron chi connectivity index (χ1n) is 8.92. The maximum absolute atomic E-state index is 12.3. The summed E-state index contributed by atoms with van der Waals surface area (Å²) in [5, 5.41) is 0. The molecule has 0 spiro atoms. The number of unbranched alkanes of at least 4 members (excludes halogenated alkanes) is 3. The Morgan fingerprint density at radius 3 is 2.17 bits per heavy atom. The number of benzene rings is 1. The van der Waals surface area contributed by atoms with Gasteiger partial charge in [-0.05, 0) is 37.8 Å². The van der Waals surface area contributed by atoms with Crippen LogP contribution in [0.3, 0.4) is 0 Å². The molecule has 0 aliphatic carbocycles. The van der Waals surface area contributed by atoms with Crippen molar-refractivity contribution in [3.8, 4) is 0 Å². The van der Waals surface area contributed by atoms with Gasteiger partial charge in [0, 0.05) is 0 Å². The minimum atomic E-state index is -0.471. The van der Waals surface area contributed by atoms with Gasteiger partial charge in [-0.15, -0.1) is 0 Å². The normalized spacial score (nSPS) is 12.0. The third kappa shape index (κ3) is 7.16. The molecule has 0 fully saturated rings. The molecule has 1 rings (SSSR count). The third-order valence-electron chi connectivity index (χ3n) is 3.71. The van der Waals surface area contributed by atoms with E-state index in [0.29, 0.717) is 12.5 Å². The van der Waals surface area contributed by atoms with Gasteiger partial charge < -0.3 is 9.47 Å². The molecule has 0 aliphatic rings. The maximum atomic E-state index is 12.3. The zero-order valence-corrected chi connectivity index (χ0v) is 15.3. The van der Waals surface area contributed by atoms with Crippen LogP contribution in [-0.4, -0.2) is 24.6 Å². The summed E-state index contributed by atoms with van der Waals surface area (Å²) >= 11 is 0. The smallest absolute Gasteiger partial charge is 0.339 e. The molecule has 0 aromatic heterocycles. The minimum Gasteiger partial charge on any atom is -0.462 e. The van der Waals surface area contributed by atoms with E-state index in [1.165, 1.54) is 0 Å². The molecule has 4 heteroatoms. The summed E-state index contributed by atoms with van der Waals surface area (Å²) in [5.74, 6) is -0.492. The number of carbonyl (C=O) groups excluding carboxylic acids is 2. The Balaban J connectivity index is 2.66. The van der Waals surface area contributed by atoms with Crippen molar-refractivity contribution in [1.82, 2.24) is 0 Å². The van der Waals surface area contributed by atoms with Crippen molar-refractivity contribution in [1.29, 1.82) is 0 Å². The molecule has 1 aromatic rings. The standard InChI is InChI=1S/C20H30O4/c1-5-6-7-10-13-23-19(21)17-11-8-9-12-18(17)20(22)24-16(4)14-15(2)3/h8-9,11-12,15-16H,5-7,10,13-14H2,1-4H3. The van der Waals surface area contributed by atoms with Crippen molar-refractivity contribution in [2.24, 2.45) is 5.92 Å². The van der Waals surface area contributed by atoms with E-state index in [1.807, 2.05) is 6.92 Å². The molecule has 0 heterocycles. The van der Waals surface area contributed by atoms with Gasteiger partial charge in [0.25, 0.3) is 0 Å². The van der Waals surface area contributed by atoms with Gasteiger partial charge in [-0.3, -0.25) is 0 Å².